The summed E-state index contributed by atoms with van der Waals surface area (Å²) in [6.45, 7) is 1.17. The molecule has 1 aromatic rings. The Morgan fingerprint density at radius 1 is 1.26 bits per heavy atom. The molecule has 0 radical (unpaired) electrons. The molecule has 2 aliphatic rings. The quantitative estimate of drug-likeness (QED) is 0.646. The molecule has 2 fully saturated rings. The van der Waals surface area contributed by atoms with E-state index in [1.807, 2.05) is 0 Å². The third kappa shape index (κ3) is 1.87. The normalized spacial score (nSPS) is 24.8. The van der Waals surface area contributed by atoms with E-state index in [9.17, 15) is 14.9 Å². The van der Waals surface area contributed by atoms with Gasteiger partial charge in [-0.3, -0.25) is 10.1 Å². The van der Waals surface area contributed by atoms with E-state index in [0.717, 1.165) is 12.1 Å². The monoisotopic (exact) mass is 263 g/mol. The first kappa shape index (κ1) is 11.8. The van der Waals surface area contributed by atoms with Gasteiger partial charge in [0, 0.05) is 37.0 Å². The van der Waals surface area contributed by atoms with Crippen molar-refractivity contribution in [3.8, 4) is 0 Å². The van der Waals surface area contributed by atoms with Crippen LogP contribution in [0.3, 0.4) is 0 Å². The second kappa shape index (κ2) is 4.11. The van der Waals surface area contributed by atoms with Crippen LogP contribution in [0.5, 0.6) is 0 Å². The molecule has 7 heteroatoms. The summed E-state index contributed by atoms with van der Waals surface area (Å²) in [6, 6.07) is 6.64. The number of carboxylic acid groups (broad SMARTS) is 1. The summed E-state index contributed by atoms with van der Waals surface area (Å²) in [5, 5.41) is 19.6. The van der Waals surface area contributed by atoms with E-state index in [2.05, 4.69) is 4.90 Å². The van der Waals surface area contributed by atoms with Crippen molar-refractivity contribution < 1.29 is 14.8 Å². The number of carbonyl (C=O) groups is 1. The van der Waals surface area contributed by atoms with Crippen LogP contribution >= 0.6 is 0 Å². The van der Waals surface area contributed by atoms with Crippen LogP contribution in [0.2, 0.25) is 0 Å². The molecule has 0 aliphatic carbocycles. The van der Waals surface area contributed by atoms with Gasteiger partial charge in [0.25, 0.3) is 5.69 Å². The van der Waals surface area contributed by atoms with Crippen molar-refractivity contribution in [1.29, 1.82) is 0 Å². The maximum absolute atomic E-state index is 11.0. The second-order valence-corrected chi connectivity index (χ2v) is 4.90. The highest BCUT2D eigenvalue weighted by atomic mass is 16.6. The van der Waals surface area contributed by atoms with Crippen molar-refractivity contribution in [2.24, 2.45) is 0 Å². The average Bonchev–Trinajstić information content (AvgIpc) is 2.98. The Morgan fingerprint density at radius 3 is 2.42 bits per heavy atom. The van der Waals surface area contributed by atoms with Gasteiger partial charge in [-0.1, -0.05) is 0 Å². The molecule has 2 bridgehead atoms. The molecule has 0 saturated carbocycles. The maximum Gasteiger partial charge on any atom is 0.407 e. The highest BCUT2D eigenvalue weighted by molar-refractivity contribution is 5.67. The van der Waals surface area contributed by atoms with Crippen LogP contribution in [-0.4, -0.2) is 46.2 Å². The molecule has 2 heterocycles. The summed E-state index contributed by atoms with van der Waals surface area (Å²) < 4.78 is 0. The summed E-state index contributed by atoms with van der Waals surface area (Å²) in [4.78, 5) is 24.8. The van der Waals surface area contributed by atoms with Gasteiger partial charge < -0.3 is 14.9 Å². The average molecular weight is 263 g/mol. The molecule has 19 heavy (non-hydrogen) atoms. The number of nitro groups is 1. The molecular weight excluding hydrogens is 250 g/mol. The predicted molar refractivity (Wildman–Crippen MR) is 67.4 cm³/mol. The number of amides is 1. The Morgan fingerprint density at radius 2 is 1.95 bits per heavy atom. The molecule has 1 N–H and O–H groups in total. The first-order chi connectivity index (χ1) is 9.06. The smallest absolute Gasteiger partial charge is 0.407 e. The second-order valence-electron chi connectivity index (χ2n) is 4.90. The topological polar surface area (TPSA) is 86.9 Å². The van der Waals surface area contributed by atoms with E-state index in [1.165, 1.54) is 17.0 Å². The van der Waals surface area contributed by atoms with Gasteiger partial charge >= 0.3 is 6.09 Å². The molecule has 100 valence electrons. The number of hydrogen-bond donors (Lipinski definition) is 1. The summed E-state index contributed by atoms with van der Waals surface area (Å²) in [5.41, 5.74) is 0.989. The minimum atomic E-state index is -0.865. The van der Waals surface area contributed by atoms with Crippen LogP contribution in [0.1, 0.15) is 6.42 Å². The van der Waals surface area contributed by atoms with E-state index >= 15 is 0 Å². The van der Waals surface area contributed by atoms with Gasteiger partial charge in [0.05, 0.1) is 11.0 Å². The number of rotatable bonds is 2. The summed E-state index contributed by atoms with van der Waals surface area (Å²) in [6.07, 6.45) is -0.0284. The van der Waals surface area contributed by atoms with Gasteiger partial charge in [0.1, 0.15) is 0 Å². The molecule has 7 nitrogen and oxygen atoms in total. The Kier molecular flexibility index (Phi) is 2.55. The van der Waals surface area contributed by atoms with Crippen molar-refractivity contribution in [3.63, 3.8) is 0 Å². The number of fused-ring (bicyclic) bond motifs is 2. The Hall–Kier alpha value is -2.31. The third-order valence-electron chi connectivity index (χ3n) is 3.88. The SMILES string of the molecule is O=C(O)N1C[C@@H]2C[C@H]1CN2c1ccc([N+](=O)[O-])cc1. The molecule has 0 aromatic heterocycles. The summed E-state index contributed by atoms with van der Waals surface area (Å²) in [7, 11) is 0. The lowest BCUT2D eigenvalue weighted by atomic mass is 10.2. The molecule has 1 amide bonds. The van der Waals surface area contributed by atoms with E-state index in [4.69, 9.17) is 5.11 Å². The number of piperazine rings is 1. The third-order valence-corrected chi connectivity index (χ3v) is 3.88. The number of non-ortho nitro benzene ring substituents is 1. The molecular formula is C12H13N3O4. The highest BCUT2D eigenvalue weighted by Crippen LogP contribution is 2.35. The molecule has 0 spiro atoms. The van der Waals surface area contributed by atoms with Crippen molar-refractivity contribution >= 4 is 17.5 Å². The van der Waals surface area contributed by atoms with E-state index in [1.54, 1.807) is 12.1 Å². The fourth-order valence-electron chi connectivity index (χ4n) is 2.98. The molecule has 2 aliphatic heterocycles. The van der Waals surface area contributed by atoms with Gasteiger partial charge in [-0.15, -0.1) is 0 Å². The van der Waals surface area contributed by atoms with Gasteiger partial charge in [-0.2, -0.15) is 0 Å². The molecule has 0 unspecified atom stereocenters. The van der Waals surface area contributed by atoms with E-state index in [-0.39, 0.29) is 17.8 Å². The van der Waals surface area contributed by atoms with Gasteiger partial charge in [-0.05, 0) is 18.6 Å². The zero-order valence-electron chi connectivity index (χ0n) is 10.1. The number of nitro benzene ring substituents is 1. The van der Waals surface area contributed by atoms with Gasteiger partial charge in [-0.25, -0.2) is 4.79 Å². The number of nitrogens with zero attached hydrogens (tertiary/aromatic N) is 3. The molecule has 3 rings (SSSR count). The number of hydrogen-bond acceptors (Lipinski definition) is 4. The predicted octanol–water partition coefficient (Wildman–Crippen LogP) is 1.54. The fourth-order valence-corrected chi connectivity index (χ4v) is 2.98. The van der Waals surface area contributed by atoms with Crippen molar-refractivity contribution in [1.82, 2.24) is 4.90 Å². The lowest BCUT2D eigenvalue weighted by Gasteiger charge is -2.34. The van der Waals surface area contributed by atoms with Crippen LogP contribution in [0.25, 0.3) is 0 Å². The first-order valence-electron chi connectivity index (χ1n) is 6.07. The molecule has 2 atom stereocenters. The summed E-state index contributed by atoms with van der Waals surface area (Å²) in [5.74, 6) is 0. The standard InChI is InChI=1S/C12H13N3O4/c16-12(17)14-7-10-5-11(14)6-13(10)8-1-3-9(4-2-8)15(18)19/h1-4,10-11H,5-7H2,(H,16,17)/t10-,11-/m0/s1. The minimum Gasteiger partial charge on any atom is -0.465 e. The maximum atomic E-state index is 11.0. The highest BCUT2D eigenvalue weighted by Gasteiger charge is 2.45. The van der Waals surface area contributed by atoms with Crippen molar-refractivity contribution in [2.75, 3.05) is 18.0 Å². The molecule has 2 saturated heterocycles. The van der Waals surface area contributed by atoms with Gasteiger partial charge in [0.15, 0.2) is 0 Å². The van der Waals surface area contributed by atoms with Crippen molar-refractivity contribution in [2.45, 2.75) is 18.5 Å². The fraction of sp³-hybridized carbons (Fsp3) is 0.417. The number of anilines is 1. The first-order valence-corrected chi connectivity index (χ1v) is 6.07. The van der Waals surface area contributed by atoms with Crippen LogP contribution in [0.4, 0.5) is 16.2 Å². The zero-order valence-corrected chi connectivity index (χ0v) is 10.1. The Bertz CT molecular complexity index is 530. The van der Waals surface area contributed by atoms with Crippen LogP contribution in [0, 0.1) is 10.1 Å². The zero-order chi connectivity index (χ0) is 13.6. The summed E-state index contributed by atoms with van der Waals surface area (Å²) >= 11 is 0. The largest absolute Gasteiger partial charge is 0.465 e. The van der Waals surface area contributed by atoms with Crippen molar-refractivity contribution in [3.05, 3.63) is 34.4 Å². The Labute approximate surface area is 109 Å². The molecule has 1 aromatic carbocycles. The Balaban J connectivity index is 1.76. The lowest BCUT2D eigenvalue weighted by Crippen LogP contribution is -2.48. The van der Waals surface area contributed by atoms with Crippen LogP contribution in [-0.2, 0) is 0 Å². The minimum absolute atomic E-state index is 0.0395. The van der Waals surface area contributed by atoms with E-state index in [0.29, 0.717) is 13.1 Å². The van der Waals surface area contributed by atoms with E-state index < -0.39 is 11.0 Å². The lowest BCUT2D eigenvalue weighted by molar-refractivity contribution is -0.384. The van der Waals surface area contributed by atoms with Crippen LogP contribution in [0.15, 0.2) is 24.3 Å². The van der Waals surface area contributed by atoms with Gasteiger partial charge in [0.2, 0.25) is 0 Å². The number of likely N-dealkylation sites (tertiary alicyclic amines) is 1. The van der Waals surface area contributed by atoms with Crippen LogP contribution < -0.4 is 4.90 Å². The number of benzene rings is 1.